The van der Waals surface area contributed by atoms with Crippen molar-refractivity contribution in [2.45, 2.75) is 18.7 Å². The van der Waals surface area contributed by atoms with Crippen molar-refractivity contribution in [3.05, 3.63) is 83.4 Å². The maximum Gasteiger partial charge on any atom is 0.261 e. The molecule has 0 aliphatic carbocycles. The predicted octanol–water partition coefficient (Wildman–Crippen LogP) is 4.27. The number of nitrogens with one attached hydrogen (secondary N) is 2. The summed E-state index contributed by atoms with van der Waals surface area (Å²) < 4.78 is 29.2. The van der Waals surface area contributed by atoms with E-state index in [2.05, 4.69) is 45.0 Å². The molecule has 1 saturated heterocycles. The zero-order chi connectivity index (χ0) is 26.7. The van der Waals surface area contributed by atoms with E-state index >= 15 is 0 Å². The normalized spacial score (nSPS) is 14.5. The van der Waals surface area contributed by atoms with E-state index in [9.17, 15) is 13.2 Å². The minimum atomic E-state index is -3.73. The summed E-state index contributed by atoms with van der Waals surface area (Å²) in [5.41, 5.74) is 4.02. The largest absolute Gasteiger partial charge is 0.351 e. The number of piperazine rings is 1. The van der Waals surface area contributed by atoms with Gasteiger partial charge in [0.05, 0.1) is 15.1 Å². The molecule has 0 saturated carbocycles. The molecule has 198 valence electrons. The summed E-state index contributed by atoms with van der Waals surface area (Å²) in [4.78, 5) is 22.4. The second-order valence-corrected chi connectivity index (χ2v) is 12.2. The molecule has 8 nitrogen and oxygen atoms in total. The molecule has 0 unspecified atom stereocenters. The van der Waals surface area contributed by atoms with Crippen LogP contribution in [0.5, 0.6) is 0 Å². The Labute approximate surface area is 227 Å². The highest BCUT2D eigenvalue weighted by atomic mass is 32.2. The van der Waals surface area contributed by atoms with Crippen molar-refractivity contribution in [1.82, 2.24) is 15.2 Å². The average molecular weight is 550 g/mol. The highest BCUT2D eigenvalue weighted by Gasteiger charge is 2.20. The van der Waals surface area contributed by atoms with Gasteiger partial charge in [-0.2, -0.15) is 0 Å². The minimum Gasteiger partial charge on any atom is -0.351 e. The van der Waals surface area contributed by atoms with Gasteiger partial charge in [-0.15, -0.1) is 0 Å². The molecule has 1 amide bonds. The van der Waals surface area contributed by atoms with Gasteiger partial charge < -0.3 is 10.2 Å². The number of amides is 1. The first-order valence-corrected chi connectivity index (χ1v) is 14.9. The summed E-state index contributed by atoms with van der Waals surface area (Å²) in [5.74, 6) is -0.232. The molecule has 10 heteroatoms. The first-order chi connectivity index (χ1) is 18.3. The molecule has 4 aromatic rings. The van der Waals surface area contributed by atoms with Crippen LogP contribution in [-0.4, -0.2) is 63.5 Å². The van der Waals surface area contributed by atoms with Crippen molar-refractivity contribution < 1.29 is 13.2 Å². The van der Waals surface area contributed by atoms with E-state index in [0.29, 0.717) is 17.8 Å². The van der Waals surface area contributed by atoms with Crippen LogP contribution >= 0.6 is 11.3 Å². The van der Waals surface area contributed by atoms with Gasteiger partial charge in [0, 0.05) is 50.5 Å². The lowest BCUT2D eigenvalue weighted by atomic mass is 10.2. The number of fused-ring (bicyclic) bond motifs is 1. The topological polar surface area (TPSA) is 94.6 Å². The number of aromatic nitrogens is 1. The van der Waals surface area contributed by atoms with E-state index < -0.39 is 10.0 Å². The number of hydrogen-bond acceptors (Lipinski definition) is 7. The van der Waals surface area contributed by atoms with E-state index in [0.717, 1.165) is 48.9 Å². The fourth-order valence-corrected chi connectivity index (χ4v) is 6.60. The molecule has 1 aliphatic rings. The van der Waals surface area contributed by atoms with Crippen molar-refractivity contribution in [3.63, 3.8) is 0 Å². The van der Waals surface area contributed by atoms with Crippen molar-refractivity contribution in [2.24, 2.45) is 0 Å². The molecule has 1 aromatic heterocycles. The molecule has 2 N–H and O–H groups in total. The standard InChI is InChI=1S/C28H31N5O3S2/c1-20-9-11-24(12-10-20)38(35,36)31-23-7-4-6-22(19-23)27(34)29-13-14-32-15-17-33(18-16-32)28-30-26-21(2)5-3-8-25(26)37-28/h3-12,19,31H,13-18H2,1-2H3,(H,29,34). The first-order valence-electron chi connectivity index (χ1n) is 12.6. The van der Waals surface area contributed by atoms with Gasteiger partial charge in [-0.25, -0.2) is 13.4 Å². The van der Waals surface area contributed by atoms with Crippen LogP contribution in [-0.2, 0) is 10.0 Å². The fraction of sp³-hybridized carbons (Fsp3) is 0.286. The van der Waals surface area contributed by atoms with Gasteiger partial charge in [-0.05, 0) is 55.8 Å². The number of thiazole rings is 1. The van der Waals surface area contributed by atoms with E-state index in [4.69, 9.17) is 4.98 Å². The molecule has 0 atom stereocenters. The third kappa shape index (κ3) is 5.98. The quantitative estimate of drug-likeness (QED) is 0.341. The van der Waals surface area contributed by atoms with Crippen molar-refractivity contribution in [2.75, 3.05) is 48.9 Å². The number of anilines is 2. The Morgan fingerprint density at radius 1 is 0.974 bits per heavy atom. The summed E-state index contributed by atoms with van der Waals surface area (Å²) in [7, 11) is -3.73. The fourth-order valence-electron chi connectivity index (χ4n) is 4.46. The summed E-state index contributed by atoms with van der Waals surface area (Å²) in [5, 5.41) is 4.03. The molecule has 5 rings (SSSR count). The Bertz CT molecular complexity index is 1540. The maximum absolute atomic E-state index is 12.7. The van der Waals surface area contributed by atoms with Crippen molar-refractivity contribution in [3.8, 4) is 0 Å². The molecule has 1 aliphatic heterocycles. The average Bonchev–Trinajstić information content (AvgIpc) is 3.35. The molecule has 0 bridgehead atoms. The maximum atomic E-state index is 12.7. The van der Waals surface area contributed by atoms with Crippen LogP contribution in [0.25, 0.3) is 10.2 Å². The predicted molar refractivity (Wildman–Crippen MR) is 154 cm³/mol. The zero-order valence-electron chi connectivity index (χ0n) is 21.5. The number of rotatable bonds is 8. The second kappa shape index (κ2) is 11.1. The summed E-state index contributed by atoms with van der Waals surface area (Å²) >= 11 is 1.74. The van der Waals surface area contributed by atoms with Crippen LogP contribution in [0.4, 0.5) is 10.8 Å². The first kappa shape index (κ1) is 26.1. The van der Waals surface area contributed by atoms with Gasteiger partial charge in [-0.1, -0.05) is 47.2 Å². The summed E-state index contributed by atoms with van der Waals surface area (Å²) in [6.07, 6.45) is 0. The van der Waals surface area contributed by atoms with Crippen LogP contribution in [0.15, 0.2) is 71.6 Å². The third-order valence-electron chi connectivity index (χ3n) is 6.67. The lowest BCUT2D eigenvalue weighted by Gasteiger charge is -2.34. The van der Waals surface area contributed by atoms with Gasteiger partial charge in [0.25, 0.3) is 15.9 Å². The highest BCUT2D eigenvalue weighted by Crippen LogP contribution is 2.31. The number of nitrogens with zero attached hydrogens (tertiary/aromatic N) is 3. The summed E-state index contributed by atoms with van der Waals surface area (Å²) in [6, 6.07) is 19.5. The number of carbonyl (C=O) groups excluding carboxylic acids is 1. The molecular weight excluding hydrogens is 518 g/mol. The molecule has 3 aromatic carbocycles. The van der Waals surface area contributed by atoms with E-state index in [-0.39, 0.29) is 10.8 Å². The number of sulfonamides is 1. The van der Waals surface area contributed by atoms with Gasteiger partial charge in [-0.3, -0.25) is 14.4 Å². The number of aryl methyl sites for hydroxylation is 2. The Balaban J connectivity index is 1.11. The lowest BCUT2D eigenvalue weighted by Crippen LogP contribution is -2.48. The Morgan fingerprint density at radius 2 is 1.71 bits per heavy atom. The molecule has 2 heterocycles. The zero-order valence-corrected chi connectivity index (χ0v) is 23.1. The number of hydrogen-bond donors (Lipinski definition) is 2. The number of benzene rings is 3. The SMILES string of the molecule is Cc1ccc(S(=O)(=O)Nc2cccc(C(=O)NCCN3CCN(c4nc5c(C)cccc5s4)CC3)c2)cc1. The third-order valence-corrected chi connectivity index (χ3v) is 9.15. The Hall–Kier alpha value is -3.47. The van der Waals surface area contributed by atoms with E-state index in [1.54, 1.807) is 59.9 Å². The van der Waals surface area contributed by atoms with E-state index in [1.165, 1.54) is 10.3 Å². The minimum absolute atomic E-state index is 0.177. The van der Waals surface area contributed by atoms with Crippen LogP contribution in [0.1, 0.15) is 21.5 Å². The van der Waals surface area contributed by atoms with Crippen LogP contribution < -0.4 is 14.9 Å². The molecular formula is C28H31N5O3S2. The number of carbonyl (C=O) groups is 1. The van der Waals surface area contributed by atoms with Gasteiger partial charge in [0.15, 0.2) is 5.13 Å². The Morgan fingerprint density at radius 3 is 2.45 bits per heavy atom. The van der Waals surface area contributed by atoms with Crippen molar-refractivity contribution in [1.29, 1.82) is 0 Å². The second-order valence-electron chi connectivity index (χ2n) is 9.50. The molecule has 0 spiro atoms. The molecule has 1 fully saturated rings. The smallest absolute Gasteiger partial charge is 0.261 e. The van der Waals surface area contributed by atoms with Crippen LogP contribution in [0.3, 0.4) is 0 Å². The molecule has 0 radical (unpaired) electrons. The van der Waals surface area contributed by atoms with Crippen LogP contribution in [0.2, 0.25) is 0 Å². The molecule has 38 heavy (non-hydrogen) atoms. The highest BCUT2D eigenvalue weighted by molar-refractivity contribution is 7.92. The van der Waals surface area contributed by atoms with Gasteiger partial charge >= 0.3 is 0 Å². The van der Waals surface area contributed by atoms with E-state index in [1.807, 2.05) is 6.92 Å². The van der Waals surface area contributed by atoms with Gasteiger partial charge in [0.2, 0.25) is 0 Å². The monoisotopic (exact) mass is 549 g/mol. The summed E-state index contributed by atoms with van der Waals surface area (Å²) in [6.45, 7) is 8.86. The Kier molecular flexibility index (Phi) is 7.64. The van der Waals surface area contributed by atoms with Gasteiger partial charge in [0.1, 0.15) is 0 Å². The number of para-hydroxylation sites is 1. The van der Waals surface area contributed by atoms with Crippen LogP contribution in [0, 0.1) is 13.8 Å². The lowest BCUT2D eigenvalue weighted by molar-refractivity contribution is 0.0948. The van der Waals surface area contributed by atoms with Crippen molar-refractivity contribution >= 4 is 48.3 Å².